The predicted octanol–water partition coefficient (Wildman–Crippen LogP) is 3.09. The molecule has 0 spiro atoms. The lowest BCUT2D eigenvalue weighted by Crippen LogP contribution is -2.13. The quantitative estimate of drug-likeness (QED) is 0.758. The molecule has 0 amide bonds. The van der Waals surface area contributed by atoms with E-state index in [9.17, 15) is 0 Å². The number of rotatable bonds is 5. The van der Waals surface area contributed by atoms with Crippen molar-refractivity contribution < 1.29 is 4.74 Å². The van der Waals surface area contributed by atoms with Gasteiger partial charge in [-0.05, 0) is 29.8 Å². The molecule has 0 aliphatic rings. The van der Waals surface area contributed by atoms with Gasteiger partial charge < -0.3 is 10.5 Å². The number of nitrogens with one attached hydrogen (secondary N) is 1. The highest BCUT2D eigenvalue weighted by atomic mass is 35.5. The Morgan fingerprint density at radius 1 is 1.09 bits per heavy atom. The maximum atomic E-state index is 6.16. The topological polar surface area (TPSA) is 76.8 Å². The lowest BCUT2D eigenvalue weighted by Gasteiger charge is -2.07. The van der Waals surface area contributed by atoms with Crippen molar-refractivity contribution in [2.45, 2.75) is 12.6 Å². The zero-order valence-corrected chi connectivity index (χ0v) is 12.5. The molecule has 3 rings (SSSR count). The minimum Gasteiger partial charge on any atom is -0.486 e. The molecule has 5 nitrogen and oxygen atoms in total. The number of halogens is 1. The third-order valence-electron chi connectivity index (χ3n) is 3.18. The number of benzene rings is 2. The lowest BCUT2D eigenvalue weighted by atomic mass is 10.1. The average molecular weight is 315 g/mol. The Kier molecular flexibility index (Phi) is 4.37. The largest absolute Gasteiger partial charge is 0.486 e. The smallest absolute Gasteiger partial charge is 0.172 e. The lowest BCUT2D eigenvalue weighted by molar-refractivity contribution is 0.296. The Morgan fingerprint density at radius 2 is 1.82 bits per heavy atom. The Hall–Kier alpha value is -2.37. The summed E-state index contributed by atoms with van der Waals surface area (Å²) in [6.07, 6.45) is 0. The Morgan fingerprint density at radius 3 is 2.55 bits per heavy atom. The van der Waals surface area contributed by atoms with Gasteiger partial charge in [0.2, 0.25) is 0 Å². The first-order valence-electron chi connectivity index (χ1n) is 6.82. The van der Waals surface area contributed by atoms with Crippen LogP contribution >= 0.6 is 11.6 Å². The minimum absolute atomic E-state index is 0.310. The molecule has 1 heterocycles. The fraction of sp³-hybridized carbons (Fsp3) is 0.125. The van der Waals surface area contributed by atoms with Gasteiger partial charge in [-0.25, -0.2) is 4.98 Å². The highest BCUT2D eigenvalue weighted by Crippen LogP contribution is 2.19. The van der Waals surface area contributed by atoms with E-state index < -0.39 is 6.04 Å². The number of hydrogen-bond donors (Lipinski definition) is 2. The molecule has 112 valence electrons. The maximum Gasteiger partial charge on any atom is 0.172 e. The summed E-state index contributed by atoms with van der Waals surface area (Å²) in [6, 6.07) is 16.4. The second kappa shape index (κ2) is 6.60. The van der Waals surface area contributed by atoms with E-state index in [2.05, 4.69) is 15.2 Å². The summed E-state index contributed by atoms with van der Waals surface area (Å²) in [4.78, 5) is 4.37. The normalized spacial score (nSPS) is 12.1. The van der Waals surface area contributed by atoms with Gasteiger partial charge in [-0.3, -0.25) is 5.10 Å². The average Bonchev–Trinajstić information content (AvgIpc) is 3.03. The third kappa shape index (κ3) is 3.44. The SMILES string of the molecule is N[C@H](c1ccc(Cl)cc1)c1n[nH]c(COc2ccccc2)n1. The standard InChI is InChI=1S/C16H15ClN4O/c17-12-8-6-11(7-9-12)15(18)16-19-14(20-21-16)10-22-13-4-2-1-3-5-13/h1-9,15H,10,18H2,(H,19,20,21)/t15-/m1/s1. The summed E-state index contributed by atoms with van der Waals surface area (Å²) in [5.74, 6) is 1.93. The van der Waals surface area contributed by atoms with E-state index in [1.807, 2.05) is 42.5 Å². The summed E-state index contributed by atoms with van der Waals surface area (Å²) in [5, 5.41) is 7.67. The van der Waals surface area contributed by atoms with Gasteiger partial charge in [0.1, 0.15) is 12.4 Å². The molecule has 0 radical (unpaired) electrons. The van der Waals surface area contributed by atoms with Crippen LogP contribution in [0.4, 0.5) is 0 Å². The fourth-order valence-electron chi connectivity index (χ4n) is 2.00. The third-order valence-corrected chi connectivity index (χ3v) is 3.43. The van der Waals surface area contributed by atoms with Gasteiger partial charge in [0.05, 0.1) is 6.04 Å². The van der Waals surface area contributed by atoms with Crippen molar-refractivity contribution >= 4 is 11.6 Å². The Balaban J connectivity index is 1.66. The number of ether oxygens (including phenoxy) is 1. The number of hydrogen-bond acceptors (Lipinski definition) is 4. The molecule has 0 fully saturated rings. The first-order chi connectivity index (χ1) is 10.7. The van der Waals surface area contributed by atoms with Crippen LogP contribution in [-0.2, 0) is 6.61 Å². The molecule has 22 heavy (non-hydrogen) atoms. The molecule has 0 aliphatic heterocycles. The maximum absolute atomic E-state index is 6.16. The second-order valence-electron chi connectivity index (χ2n) is 4.77. The molecule has 0 saturated carbocycles. The molecule has 6 heteroatoms. The van der Waals surface area contributed by atoms with Crippen LogP contribution in [0.25, 0.3) is 0 Å². The zero-order chi connectivity index (χ0) is 15.4. The minimum atomic E-state index is -0.404. The van der Waals surface area contributed by atoms with Crippen molar-refractivity contribution in [1.29, 1.82) is 0 Å². The Bertz CT molecular complexity index is 727. The second-order valence-corrected chi connectivity index (χ2v) is 5.21. The first-order valence-corrected chi connectivity index (χ1v) is 7.20. The van der Waals surface area contributed by atoms with Crippen molar-refractivity contribution in [1.82, 2.24) is 15.2 Å². The summed E-state index contributed by atoms with van der Waals surface area (Å²) in [5.41, 5.74) is 7.06. The summed E-state index contributed by atoms with van der Waals surface area (Å²) >= 11 is 5.87. The van der Waals surface area contributed by atoms with Crippen LogP contribution in [0.5, 0.6) is 5.75 Å². The summed E-state index contributed by atoms with van der Waals surface area (Å²) in [7, 11) is 0. The van der Waals surface area contributed by atoms with E-state index in [1.54, 1.807) is 12.1 Å². The van der Waals surface area contributed by atoms with Crippen LogP contribution in [-0.4, -0.2) is 15.2 Å². The van der Waals surface area contributed by atoms with E-state index in [0.717, 1.165) is 11.3 Å². The van der Waals surface area contributed by atoms with Crippen LogP contribution in [0.3, 0.4) is 0 Å². The molecule has 3 aromatic rings. The van der Waals surface area contributed by atoms with Crippen molar-refractivity contribution in [3.8, 4) is 5.75 Å². The summed E-state index contributed by atoms with van der Waals surface area (Å²) in [6.45, 7) is 0.310. The van der Waals surface area contributed by atoms with Crippen molar-refractivity contribution in [2.75, 3.05) is 0 Å². The van der Waals surface area contributed by atoms with Gasteiger partial charge in [0.25, 0.3) is 0 Å². The van der Waals surface area contributed by atoms with Crippen LogP contribution in [0, 0.1) is 0 Å². The molecule has 2 aromatic carbocycles. The van der Waals surface area contributed by atoms with Crippen molar-refractivity contribution in [3.63, 3.8) is 0 Å². The van der Waals surface area contributed by atoms with Gasteiger partial charge in [-0.2, -0.15) is 5.10 Å². The van der Waals surface area contributed by atoms with E-state index in [-0.39, 0.29) is 0 Å². The van der Waals surface area contributed by atoms with E-state index in [4.69, 9.17) is 22.1 Å². The number of aromatic nitrogens is 3. The molecule has 0 unspecified atom stereocenters. The summed E-state index contributed by atoms with van der Waals surface area (Å²) < 4.78 is 5.61. The van der Waals surface area contributed by atoms with Gasteiger partial charge in [0, 0.05) is 5.02 Å². The molecule has 0 aliphatic carbocycles. The molecule has 1 aromatic heterocycles. The van der Waals surface area contributed by atoms with Gasteiger partial charge in [0.15, 0.2) is 11.6 Å². The highest BCUT2D eigenvalue weighted by Gasteiger charge is 2.14. The first kappa shape index (κ1) is 14.6. The number of aromatic amines is 1. The van der Waals surface area contributed by atoms with E-state index >= 15 is 0 Å². The van der Waals surface area contributed by atoms with Crippen LogP contribution in [0.15, 0.2) is 54.6 Å². The van der Waals surface area contributed by atoms with Gasteiger partial charge in [-0.15, -0.1) is 0 Å². The van der Waals surface area contributed by atoms with E-state index in [1.165, 1.54) is 0 Å². The molecular weight excluding hydrogens is 300 g/mol. The Labute approximate surface area is 133 Å². The number of nitrogens with two attached hydrogens (primary N) is 1. The number of nitrogens with zero attached hydrogens (tertiary/aromatic N) is 2. The van der Waals surface area contributed by atoms with Crippen molar-refractivity contribution in [2.24, 2.45) is 5.73 Å². The monoisotopic (exact) mass is 314 g/mol. The zero-order valence-electron chi connectivity index (χ0n) is 11.7. The van der Waals surface area contributed by atoms with Gasteiger partial charge in [-0.1, -0.05) is 41.9 Å². The molecule has 0 bridgehead atoms. The van der Waals surface area contributed by atoms with E-state index in [0.29, 0.717) is 23.3 Å². The van der Waals surface area contributed by atoms with Crippen LogP contribution < -0.4 is 10.5 Å². The number of H-pyrrole nitrogens is 1. The highest BCUT2D eigenvalue weighted by molar-refractivity contribution is 6.30. The molecular formula is C16H15ClN4O. The molecule has 0 saturated heterocycles. The van der Waals surface area contributed by atoms with Crippen LogP contribution in [0.1, 0.15) is 23.3 Å². The predicted molar refractivity (Wildman–Crippen MR) is 84.6 cm³/mol. The van der Waals surface area contributed by atoms with Gasteiger partial charge >= 0.3 is 0 Å². The fourth-order valence-corrected chi connectivity index (χ4v) is 2.13. The van der Waals surface area contributed by atoms with Crippen molar-refractivity contribution in [3.05, 3.63) is 76.8 Å². The number of para-hydroxylation sites is 1. The van der Waals surface area contributed by atoms with Crippen LogP contribution in [0.2, 0.25) is 5.02 Å². The molecule has 1 atom stereocenters. The molecule has 3 N–H and O–H groups in total.